The number of ether oxygens (including phenoxy) is 1. The van der Waals surface area contributed by atoms with E-state index in [4.69, 9.17) is 8.85 Å². The average molecular weight is 290 g/mol. The van der Waals surface area contributed by atoms with Crippen LogP contribution < -0.4 is 5.11 Å². The van der Waals surface area contributed by atoms with E-state index in [1.165, 1.54) is 14.1 Å². The first kappa shape index (κ1) is 13.9. The summed E-state index contributed by atoms with van der Waals surface area (Å²) in [4.78, 5) is 22.6. The molecule has 1 atom stereocenters. The van der Waals surface area contributed by atoms with Crippen LogP contribution in [0.1, 0.15) is 56.0 Å². The average Bonchev–Trinajstić information content (AvgIpc) is 2.35. The third-order valence-corrected chi connectivity index (χ3v) is 2.84. The Labute approximate surface area is 126 Å². The molecule has 0 aromatic carbocycles. The number of esters is 1. The van der Waals surface area contributed by atoms with Crippen LogP contribution in [0.3, 0.4) is 0 Å². The molecular weight excluding hydrogens is 258 g/mol. The van der Waals surface area contributed by atoms with Gasteiger partial charge in [0.05, 0.1) is 25.2 Å². The molecule has 5 heteroatoms. The first-order valence-electron chi connectivity index (χ1n) is 8.72. The fourth-order valence-corrected chi connectivity index (χ4v) is 1.96. The highest BCUT2D eigenvalue weighted by Gasteiger charge is 2.22. The highest BCUT2D eigenvalue weighted by molar-refractivity contribution is 5.70. The summed E-state index contributed by atoms with van der Waals surface area (Å²) in [5, 5.41) is 10.8. The number of carboxylic acid groups (broad SMARTS) is 1. The van der Waals surface area contributed by atoms with Crippen molar-refractivity contribution in [3.05, 3.63) is 0 Å². The van der Waals surface area contributed by atoms with Crippen molar-refractivity contribution in [1.29, 1.82) is 0 Å². The van der Waals surface area contributed by atoms with Gasteiger partial charge in [-0.2, -0.15) is 0 Å². The number of carbonyl (C=O) groups excluding carboxylic acids is 2. The number of carboxylic acids is 1. The molecule has 0 heterocycles. The van der Waals surface area contributed by atoms with E-state index in [-0.39, 0.29) is 13.0 Å². The highest BCUT2D eigenvalue weighted by Crippen LogP contribution is 2.09. The van der Waals surface area contributed by atoms with Gasteiger partial charge in [-0.3, -0.25) is 4.79 Å². The molecule has 0 aromatic rings. The zero-order chi connectivity index (χ0) is 18.1. The predicted molar refractivity (Wildman–Crippen MR) is 75.8 cm³/mol. The first-order chi connectivity index (χ1) is 10.5. The van der Waals surface area contributed by atoms with Crippen molar-refractivity contribution < 1.29 is 28.0 Å². The number of rotatable bonds is 11. The molecule has 5 nitrogen and oxygen atoms in total. The summed E-state index contributed by atoms with van der Waals surface area (Å²) in [5.41, 5.74) is 0. The molecule has 118 valence electrons. The summed E-state index contributed by atoms with van der Waals surface area (Å²) in [6.45, 7) is -0.327. The van der Waals surface area contributed by atoms with Crippen LogP contribution in [0.4, 0.5) is 0 Å². The van der Waals surface area contributed by atoms with Crippen molar-refractivity contribution in [2.75, 3.05) is 27.6 Å². The Balaban J connectivity index is 4.50. The van der Waals surface area contributed by atoms with Gasteiger partial charge in [-0.05, 0) is 6.42 Å². The zero-order valence-electron chi connectivity index (χ0n) is 15.8. The second-order valence-electron chi connectivity index (χ2n) is 5.72. The minimum atomic E-state index is -2.32. The maximum absolute atomic E-state index is 11.8. The van der Waals surface area contributed by atoms with Crippen LogP contribution in [0.15, 0.2) is 0 Å². The van der Waals surface area contributed by atoms with E-state index in [1.807, 2.05) is 0 Å². The summed E-state index contributed by atoms with van der Waals surface area (Å²) >= 11 is 0. The molecule has 0 fully saturated rings. The number of unbranched alkanes of at least 4 members (excludes halogenated alkanes) is 4. The van der Waals surface area contributed by atoms with Gasteiger partial charge < -0.3 is 19.1 Å². The van der Waals surface area contributed by atoms with Gasteiger partial charge in [-0.25, -0.2) is 0 Å². The van der Waals surface area contributed by atoms with Gasteiger partial charge in [0.1, 0.15) is 6.54 Å². The van der Waals surface area contributed by atoms with Crippen molar-refractivity contribution in [1.82, 2.24) is 0 Å². The summed E-state index contributed by atoms with van der Waals surface area (Å²) in [5.74, 6) is -1.85. The zero-order valence-corrected chi connectivity index (χ0v) is 12.8. The van der Waals surface area contributed by atoms with Gasteiger partial charge >= 0.3 is 5.97 Å². The van der Waals surface area contributed by atoms with E-state index in [9.17, 15) is 14.7 Å². The van der Waals surface area contributed by atoms with Gasteiger partial charge in [0.2, 0.25) is 0 Å². The van der Waals surface area contributed by atoms with Gasteiger partial charge in [-0.1, -0.05) is 32.6 Å². The Morgan fingerprint density at radius 1 is 1.25 bits per heavy atom. The molecule has 0 saturated carbocycles. The molecule has 0 radical (unpaired) electrons. The van der Waals surface area contributed by atoms with Crippen LogP contribution >= 0.6 is 0 Å². The standard InChI is InChI=1S/C15H29NO4/c1-5-6-7-8-9-10-15(19)20-13(11-14(17)18)12-16(2,3)4/h13H,5-12H2,1-4H3/t13-/m1/s1/i2D3. The Bertz CT molecular complexity index is 383. The fourth-order valence-electron chi connectivity index (χ4n) is 1.96. The number of hydrogen-bond acceptors (Lipinski definition) is 4. The lowest BCUT2D eigenvalue weighted by molar-refractivity contribution is -0.873. The maximum atomic E-state index is 11.8. The van der Waals surface area contributed by atoms with E-state index in [0.717, 1.165) is 25.7 Å². The van der Waals surface area contributed by atoms with Crippen LogP contribution in [0.2, 0.25) is 0 Å². The van der Waals surface area contributed by atoms with E-state index >= 15 is 0 Å². The van der Waals surface area contributed by atoms with Crippen LogP contribution in [-0.2, 0) is 14.3 Å². The van der Waals surface area contributed by atoms with Crippen molar-refractivity contribution in [3.63, 3.8) is 0 Å². The molecule has 0 unspecified atom stereocenters. The van der Waals surface area contributed by atoms with E-state index < -0.39 is 35.9 Å². The molecule has 0 spiro atoms. The SMILES string of the molecule is [2H]C([2H])([2H])[N+](C)(C)C[C@@H](CC(=O)[O-])OC(=O)CCCCCCC. The lowest BCUT2D eigenvalue weighted by atomic mass is 10.1. The number of nitrogens with zero attached hydrogens (tertiary/aromatic N) is 1. The smallest absolute Gasteiger partial charge is 0.306 e. The molecule has 0 aliphatic rings. The van der Waals surface area contributed by atoms with Crippen molar-refractivity contribution in [2.45, 2.75) is 58.0 Å². The van der Waals surface area contributed by atoms with Gasteiger partial charge in [-0.15, -0.1) is 0 Å². The molecule has 0 rings (SSSR count). The van der Waals surface area contributed by atoms with Crippen molar-refractivity contribution in [3.8, 4) is 0 Å². The summed E-state index contributed by atoms with van der Waals surface area (Å²) in [7, 11) is 2.90. The minimum Gasteiger partial charge on any atom is -0.550 e. The van der Waals surface area contributed by atoms with Gasteiger partial charge in [0, 0.05) is 18.8 Å². The predicted octanol–water partition coefficient (Wildman–Crippen LogP) is 1.10. The van der Waals surface area contributed by atoms with E-state index in [2.05, 4.69) is 6.92 Å². The first-order valence-corrected chi connectivity index (χ1v) is 7.22. The summed E-state index contributed by atoms with van der Waals surface area (Å²) in [6, 6.07) is 0. The second kappa shape index (κ2) is 9.75. The molecule has 0 bridgehead atoms. The Morgan fingerprint density at radius 2 is 1.90 bits per heavy atom. The number of quaternary nitrogens is 1. The molecule has 0 aromatic heterocycles. The Hall–Kier alpha value is -1.10. The lowest BCUT2D eigenvalue weighted by Gasteiger charge is -2.29. The quantitative estimate of drug-likeness (QED) is 0.325. The highest BCUT2D eigenvalue weighted by atomic mass is 16.5. The Morgan fingerprint density at radius 3 is 2.45 bits per heavy atom. The van der Waals surface area contributed by atoms with Crippen LogP contribution in [0, 0.1) is 0 Å². The molecule has 0 saturated heterocycles. The molecule has 20 heavy (non-hydrogen) atoms. The maximum Gasteiger partial charge on any atom is 0.306 e. The molecule has 0 aliphatic heterocycles. The van der Waals surface area contributed by atoms with Crippen LogP contribution in [0.25, 0.3) is 0 Å². The summed E-state index contributed by atoms with van der Waals surface area (Å²) < 4.78 is 27.1. The van der Waals surface area contributed by atoms with Crippen LogP contribution in [0.5, 0.6) is 0 Å². The largest absolute Gasteiger partial charge is 0.550 e. The summed E-state index contributed by atoms with van der Waals surface area (Å²) in [6.07, 6.45) is 3.61. The number of aliphatic carboxylic acids is 1. The number of likely N-dealkylation sites (N-methyl/N-ethyl adjacent to an activating group) is 1. The molecule has 0 amide bonds. The lowest BCUT2D eigenvalue weighted by Crippen LogP contribution is -2.45. The van der Waals surface area contributed by atoms with Gasteiger partial charge in [0.25, 0.3) is 0 Å². The topological polar surface area (TPSA) is 66.4 Å². The van der Waals surface area contributed by atoms with Crippen molar-refractivity contribution in [2.24, 2.45) is 0 Å². The monoisotopic (exact) mass is 290 g/mol. The van der Waals surface area contributed by atoms with Gasteiger partial charge in [0.15, 0.2) is 6.10 Å². The number of carbonyl (C=O) groups is 2. The van der Waals surface area contributed by atoms with E-state index in [1.54, 1.807) is 0 Å². The van der Waals surface area contributed by atoms with E-state index in [0.29, 0.717) is 6.42 Å². The normalized spacial score (nSPS) is 15.8. The number of hydrogen-bond donors (Lipinski definition) is 0. The minimum absolute atomic E-state index is 0.105. The van der Waals surface area contributed by atoms with Crippen LogP contribution in [-0.4, -0.2) is 50.1 Å². The fraction of sp³-hybridized carbons (Fsp3) is 0.867. The van der Waals surface area contributed by atoms with Crippen molar-refractivity contribution >= 4 is 11.9 Å². The molecule has 0 N–H and O–H groups in total. The third kappa shape index (κ3) is 12.0. The molecule has 0 aliphatic carbocycles. The molecular formula is C15H29NO4. The second-order valence-corrected chi connectivity index (χ2v) is 5.72. The third-order valence-electron chi connectivity index (χ3n) is 2.84. The Kier molecular flexibility index (Phi) is 6.76.